The second-order valence-electron chi connectivity index (χ2n) is 5.76. The number of benzene rings is 1. The smallest absolute Gasteiger partial charge is 0.290 e. The number of nitrogens with zero attached hydrogens (tertiary/aromatic N) is 4. The number of alkyl halides is 2. The lowest BCUT2D eigenvalue weighted by atomic mass is 10.3. The normalized spacial score (nSPS) is 13.1. The maximum Gasteiger partial charge on any atom is 0.320 e. The second-order valence-corrected chi connectivity index (χ2v) is 7.97. The topological polar surface area (TPSA) is 52.7 Å². The molecule has 0 amide bonds. The summed E-state index contributed by atoms with van der Waals surface area (Å²) in [4.78, 5) is 22.0. The van der Waals surface area contributed by atoms with Crippen molar-refractivity contribution >= 4 is 44.3 Å². The van der Waals surface area contributed by atoms with Crippen LogP contribution in [0.4, 0.5) is 8.78 Å². The SMILES string of the molecule is CC(Sc1nc2sccc2c(=O)n1C)c1nc2ccccc2n1C(F)F. The van der Waals surface area contributed by atoms with Gasteiger partial charge in [-0.3, -0.25) is 13.9 Å². The monoisotopic (exact) mass is 392 g/mol. The predicted molar refractivity (Wildman–Crippen MR) is 100 cm³/mol. The van der Waals surface area contributed by atoms with E-state index in [0.29, 0.717) is 26.4 Å². The standard InChI is InChI=1S/C17H14F2N4OS2/c1-9(13-20-11-5-3-4-6-12(11)23(13)16(18)19)26-17-21-14-10(7-8-25-14)15(24)22(17)2/h3-9,16H,1-2H3. The maximum absolute atomic E-state index is 13.6. The molecule has 0 saturated carbocycles. The molecular formula is C17H14F2N4OS2. The average Bonchev–Trinajstić information content (AvgIpc) is 3.23. The Morgan fingerprint density at radius 3 is 2.73 bits per heavy atom. The predicted octanol–water partition coefficient (Wildman–Crippen LogP) is 4.59. The van der Waals surface area contributed by atoms with Crippen LogP contribution >= 0.6 is 23.1 Å². The van der Waals surface area contributed by atoms with Gasteiger partial charge in [0.15, 0.2) is 5.16 Å². The third-order valence-electron chi connectivity index (χ3n) is 4.13. The van der Waals surface area contributed by atoms with E-state index in [9.17, 15) is 13.6 Å². The first-order valence-electron chi connectivity index (χ1n) is 7.83. The van der Waals surface area contributed by atoms with Crippen LogP contribution < -0.4 is 5.56 Å². The number of fused-ring (bicyclic) bond motifs is 2. The number of hydrogen-bond donors (Lipinski definition) is 0. The van der Waals surface area contributed by atoms with Crippen LogP contribution in [-0.4, -0.2) is 19.1 Å². The molecule has 5 nitrogen and oxygen atoms in total. The van der Waals surface area contributed by atoms with E-state index in [1.807, 2.05) is 5.38 Å². The van der Waals surface area contributed by atoms with Crippen molar-refractivity contribution in [1.82, 2.24) is 19.1 Å². The summed E-state index contributed by atoms with van der Waals surface area (Å²) >= 11 is 2.62. The van der Waals surface area contributed by atoms with Gasteiger partial charge in [0.2, 0.25) is 0 Å². The van der Waals surface area contributed by atoms with Gasteiger partial charge in [-0.1, -0.05) is 23.9 Å². The summed E-state index contributed by atoms with van der Waals surface area (Å²) in [5, 5.41) is 2.44. The van der Waals surface area contributed by atoms with Gasteiger partial charge in [0.05, 0.1) is 21.7 Å². The van der Waals surface area contributed by atoms with E-state index in [1.54, 1.807) is 44.3 Å². The minimum Gasteiger partial charge on any atom is -0.290 e. The molecule has 0 aliphatic carbocycles. The van der Waals surface area contributed by atoms with E-state index in [4.69, 9.17) is 0 Å². The molecule has 3 heterocycles. The van der Waals surface area contributed by atoms with E-state index in [0.717, 1.165) is 4.57 Å². The number of halogens is 2. The Kier molecular flexibility index (Phi) is 4.28. The lowest BCUT2D eigenvalue weighted by Gasteiger charge is -2.15. The maximum atomic E-state index is 13.6. The summed E-state index contributed by atoms with van der Waals surface area (Å²) in [6.07, 6.45) is 0. The molecule has 0 bridgehead atoms. The highest BCUT2D eigenvalue weighted by Crippen LogP contribution is 2.37. The summed E-state index contributed by atoms with van der Waals surface area (Å²) in [6.45, 7) is -0.910. The number of aromatic nitrogens is 4. The first-order valence-corrected chi connectivity index (χ1v) is 9.59. The Morgan fingerprint density at radius 1 is 1.19 bits per heavy atom. The lowest BCUT2D eigenvalue weighted by molar-refractivity contribution is 0.0715. The van der Waals surface area contributed by atoms with Gasteiger partial charge in [0.1, 0.15) is 10.7 Å². The van der Waals surface area contributed by atoms with Gasteiger partial charge in [-0.2, -0.15) is 8.78 Å². The third-order valence-corrected chi connectivity index (χ3v) is 6.07. The Balaban J connectivity index is 1.79. The average molecular weight is 392 g/mol. The molecule has 0 spiro atoms. The van der Waals surface area contributed by atoms with Gasteiger partial charge >= 0.3 is 6.55 Å². The molecule has 0 aliphatic heterocycles. The van der Waals surface area contributed by atoms with Crippen LogP contribution in [0, 0.1) is 0 Å². The molecule has 0 aliphatic rings. The minimum absolute atomic E-state index is 0.145. The molecule has 0 fully saturated rings. The van der Waals surface area contributed by atoms with Crippen molar-refractivity contribution in [1.29, 1.82) is 0 Å². The Bertz CT molecular complexity index is 1160. The first kappa shape index (κ1) is 17.2. The van der Waals surface area contributed by atoms with Crippen LogP contribution in [0.25, 0.3) is 21.3 Å². The molecule has 4 rings (SSSR count). The number of thioether (sulfide) groups is 1. The molecule has 134 valence electrons. The highest BCUT2D eigenvalue weighted by atomic mass is 32.2. The Hall–Kier alpha value is -2.26. The number of para-hydroxylation sites is 2. The van der Waals surface area contributed by atoms with Crippen molar-refractivity contribution < 1.29 is 8.78 Å². The van der Waals surface area contributed by atoms with Crippen molar-refractivity contribution in [3.63, 3.8) is 0 Å². The van der Waals surface area contributed by atoms with Gasteiger partial charge in [-0.05, 0) is 30.5 Å². The van der Waals surface area contributed by atoms with Crippen molar-refractivity contribution in [2.45, 2.75) is 23.9 Å². The van der Waals surface area contributed by atoms with E-state index in [1.165, 1.54) is 27.7 Å². The highest BCUT2D eigenvalue weighted by Gasteiger charge is 2.24. The quantitative estimate of drug-likeness (QED) is 0.376. The summed E-state index contributed by atoms with van der Waals surface area (Å²) in [5.41, 5.74) is 0.764. The van der Waals surface area contributed by atoms with Crippen LogP contribution in [0.3, 0.4) is 0 Å². The molecule has 4 aromatic rings. The summed E-state index contributed by atoms with van der Waals surface area (Å²) in [7, 11) is 1.64. The van der Waals surface area contributed by atoms with E-state index >= 15 is 0 Å². The fraction of sp³-hybridized carbons (Fsp3) is 0.235. The largest absolute Gasteiger partial charge is 0.320 e. The van der Waals surface area contributed by atoms with Crippen LogP contribution in [0.1, 0.15) is 24.5 Å². The number of imidazole rings is 1. The van der Waals surface area contributed by atoms with E-state index in [2.05, 4.69) is 9.97 Å². The number of rotatable bonds is 4. The second kappa shape index (κ2) is 6.48. The zero-order valence-corrected chi connectivity index (χ0v) is 15.5. The third kappa shape index (κ3) is 2.71. The fourth-order valence-corrected chi connectivity index (χ4v) is 4.64. The zero-order valence-electron chi connectivity index (χ0n) is 13.9. The molecule has 3 aromatic heterocycles. The van der Waals surface area contributed by atoms with Gasteiger partial charge in [0.25, 0.3) is 5.56 Å². The fourth-order valence-electron chi connectivity index (χ4n) is 2.85. The molecule has 1 atom stereocenters. The Morgan fingerprint density at radius 2 is 1.96 bits per heavy atom. The van der Waals surface area contributed by atoms with Gasteiger partial charge in [-0.25, -0.2) is 9.97 Å². The molecule has 0 radical (unpaired) electrons. The summed E-state index contributed by atoms with van der Waals surface area (Å²) < 4.78 is 29.7. The lowest BCUT2D eigenvalue weighted by Crippen LogP contribution is -2.19. The van der Waals surface area contributed by atoms with Gasteiger partial charge in [-0.15, -0.1) is 11.3 Å². The Labute approximate surface area is 155 Å². The first-order chi connectivity index (χ1) is 12.5. The van der Waals surface area contributed by atoms with Gasteiger partial charge in [0, 0.05) is 7.05 Å². The highest BCUT2D eigenvalue weighted by molar-refractivity contribution is 7.99. The van der Waals surface area contributed by atoms with Crippen LogP contribution in [0.2, 0.25) is 0 Å². The summed E-state index contributed by atoms with van der Waals surface area (Å²) in [6, 6.07) is 8.55. The van der Waals surface area contributed by atoms with E-state index in [-0.39, 0.29) is 11.4 Å². The molecular weight excluding hydrogens is 378 g/mol. The van der Waals surface area contributed by atoms with Crippen molar-refractivity contribution in [2.24, 2.45) is 7.05 Å². The van der Waals surface area contributed by atoms with Crippen molar-refractivity contribution in [2.75, 3.05) is 0 Å². The number of hydrogen-bond acceptors (Lipinski definition) is 5. The summed E-state index contributed by atoms with van der Waals surface area (Å²) in [5.74, 6) is 0.256. The zero-order chi connectivity index (χ0) is 18.4. The molecule has 0 N–H and O–H groups in total. The van der Waals surface area contributed by atoms with Crippen LogP contribution in [-0.2, 0) is 7.05 Å². The van der Waals surface area contributed by atoms with E-state index < -0.39 is 11.8 Å². The molecule has 26 heavy (non-hydrogen) atoms. The molecule has 1 aromatic carbocycles. The molecule has 1 unspecified atom stereocenters. The van der Waals surface area contributed by atoms with Crippen molar-refractivity contribution in [3.05, 3.63) is 51.9 Å². The van der Waals surface area contributed by atoms with Crippen LogP contribution in [0.5, 0.6) is 0 Å². The minimum atomic E-state index is -2.70. The molecule has 0 saturated heterocycles. The number of thiophene rings is 1. The molecule has 9 heteroatoms. The van der Waals surface area contributed by atoms with Crippen molar-refractivity contribution in [3.8, 4) is 0 Å². The van der Waals surface area contributed by atoms with Crippen LogP contribution in [0.15, 0.2) is 45.7 Å². The van der Waals surface area contributed by atoms with Gasteiger partial charge < -0.3 is 0 Å².